The molecule has 0 aromatic heterocycles. The quantitative estimate of drug-likeness (QED) is 0.516. The molecule has 0 aliphatic carbocycles. The maximum Gasteiger partial charge on any atom is 0.0661 e. The van der Waals surface area contributed by atoms with Crippen molar-refractivity contribution in [2.45, 2.75) is 0 Å². The number of hydrogen-bond acceptors (Lipinski definition) is 3. The lowest BCUT2D eigenvalue weighted by atomic mass is 11.0. The third kappa shape index (κ3) is 38.8. The smallest absolute Gasteiger partial charge is 0.0661 e. The Balaban J connectivity index is 0. The maximum atomic E-state index is 10.2. The van der Waals surface area contributed by atoms with Crippen LogP contribution in [0.15, 0.2) is 0 Å². The summed E-state index contributed by atoms with van der Waals surface area (Å²) in [7, 11) is 7.59. The fourth-order valence-corrected chi connectivity index (χ4v) is 0. The summed E-state index contributed by atoms with van der Waals surface area (Å²) in [5, 5.41) is 0. The molecule has 0 aliphatic heterocycles. The molecule has 0 saturated heterocycles. The van der Waals surface area contributed by atoms with Crippen LogP contribution in [0, 0.1) is 0 Å². The standard InChI is InChI=1S/C3H9N.C2H7O2PS/c1-4(2)3;1-4-5(2,3)6/h1-3H3;1-2H3,(H,3,6). The molecule has 5 heteroatoms. The average molecular weight is 185 g/mol. The van der Waals surface area contributed by atoms with Gasteiger partial charge >= 0.3 is 0 Å². The maximum absolute atomic E-state index is 10.2. The highest BCUT2D eigenvalue weighted by atomic mass is 32.5. The summed E-state index contributed by atoms with van der Waals surface area (Å²) >= 11 is 4.32. The molecule has 1 N–H and O–H groups in total. The topological polar surface area (TPSA) is 36.7 Å². The average Bonchev–Trinajstić information content (AvgIpc) is 1.63. The molecule has 0 aromatic rings. The number of hydrogen-bond donors (Lipinski definition) is 1. The molecule has 0 spiro atoms. The first-order valence-electron chi connectivity index (χ1n) is 2.90. The molecule has 1 unspecified atom stereocenters. The lowest BCUT2D eigenvalue weighted by molar-refractivity contribution is -0.836. The summed E-state index contributed by atoms with van der Waals surface area (Å²) in [5.41, 5.74) is 0. The van der Waals surface area contributed by atoms with E-state index in [1.165, 1.54) is 18.7 Å². The van der Waals surface area contributed by atoms with Gasteiger partial charge in [0.05, 0.1) is 21.1 Å². The van der Waals surface area contributed by atoms with Crippen LogP contribution in [-0.4, -0.2) is 34.9 Å². The lowest BCUT2D eigenvalue weighted by Crippen LogP contribution is -3.02. The second kappa shape index (κ2) is 6.25. The van der Waals surface area contributed by atoms with Crippen molar-refractivity contribution >= 4 is 18.3 Å². The van der Waals surface area contributed by atoms with Crippen LogP contribution in [0.3, 0.4) is 0 Å². The van der Waals surface area contributed by atoms with E-state index >= 15 is 0 Å². The fraction of sp³-hybridized carbons (Fsp3) is 1.00. The minimum Gasteiger partial charge on any atom is -0.801 e. The summed E-state index contributed by atoms with van der Waals surface area (Å²) in [6.07, 6.45) is 0. The molecule has 0 radical (unpaired) electrons. The molecule has 0 amide bonds. The van der Waals surface area contributed by atoms with Crippen LogP contribution in [-0.2, 0) is 16.3 Å². The van der Waals surface area contributed by atoms with Gasteiger partial charge < -0.3 is 14.3 Å². The third-order valence-corrected chi connectivity index (χ3v) is 1.44. The largest absolute Gasteiger partial charge is 0.801 e. The summed E-state index contributed by atoms with van der Waals surface area (Å²) in [6, 6.07) is 0. The van der Waals surface area contributed by atoms with E-state index in [1.54, 1.807) is 0 Å². The summed E-state index contributed by atoms with van der Waals surface area (Å²) in [6.45, 7) is -1.17. The lowest BCUT2D eigenvalue weighted by Gasteiger charge is -2.18. The Kier molecular flexibility index (Phi) is 8.22. The van der Waals surface area contributed by atoms with Crippen molar-refractivity contribution in [2.75, 3.05) is 34.9 Å². The normalized spacial score (nSPS) is 15.5. The van der Waals surface area contributed by atoms with Crippen LogP contribution in [0.1, 0.15) is 0 Å². The Morgan fingerprint density at radius 2 is 1.50 bits per heavy atom. The highest BCUT2D eigenvalue weighted by Crippen LogP contribution is 2.28. The van der Waals surface area contributed by atoms with E-state index < -0.39 is 6.49 Å². The fourth-order valence-electron chi connectivity index (χ4n) is 0. The predicted molar refractivity (Wildman–Crippen MR) is 46.0 cm³/mol. The van der Waals surface area contributed by atoms with E-state index in [2.05, 4.69) is 37.5 Å². The van der Waals surface area contributed by atoms with Crippen molar-refractivity contribution in [3.05, 3.63) is 0 Å². The molecule has 0 heterocycles. The molecular formula is C5H16NO2PS. The predicted octanol–water partition coefficient (Wildman–Crippen LogP) is -1.31. The Bertz CT molecular complexity index is 109. The zero-order valence-corrected chi connectivity index (χ0v) is 8.88. The van der Waals surface area contributed by atoms with E-state index in [0.29, 0.717) is 0 Å². The summed E-state index contributed by atoms with van der Waals surface area (Å²) in [5.74, 6) is 0. The molecule has 0 fully saturated rings. The van der Waals surface area contributed by atoms with Crippen molar-refractivity contribution in [3.8, 4) is 0 Å². The Morgan fingerprint density at radius 3 is 1.50 bits per heavy atom. The Labute approximate surface area is 68.2 Å². The Morgan fingerprint density at radius 1 is 1.40 bits per heavy atom. The van der Waals surface area contributed by atoms with Crippen molar-refractivity contribution < 1.29 is 14.3 Å². The highest BCUT2D eigenvalue weighted by Gasteiger charge is 1.81. The van der Waals surface area contributed by atoms with Crippen LogP contribution in [0.5, 0.6) is 0 Å². The van der Waals surface area contributed by atoms with Gasteiger partial charge in [0, 0.05) is 7.11 Å². The van der Waals surface area contributed by atoms with Gasteiger partial charge in [0.15, 0.2) is 0 Å². The molecule has 0 bridgehead atoms. The Hall–Kier alpha value is 0.530. The van der Waals surface area contributed by atoms with Crippen molar-refractivity contribution in [2.24, 2.45) is 0 Å². The van der Waals surface area contributed by atoms with Crippen LogP contribution < -0.4 is 9.79 Å². The van der Waals surface area contributed by atoms with E-state index in [9.17, 15) is 4.89 Å². The number of rotatable bonds is 1. The molecule has 64 valence electrons. The van der Waals surface area contributed by atoms with Gasteiger partial charge in [-0.3, -0.25) is 0 Å². The van der Waals surface area contributed by atoms with Gasteiger partial charge in [-0.1, -0.05) is 11.8 Å². The monoisotopic (exact) mass is 185 g/mol. The van der Waals surface area contributed by atoms with Gasteiger partial charge in [0.25, 0.3) is 0 Å². The van der Waals surface area contributed by atoms with Gasteiger partial charge in [-0.05, 0) is 13.2 Å². The van der Waals surface area contributed by atoms with Gasteiger partial charge in [-0.2, -0.15) is 0 Å². The molecule has 0 rings (SSSR count). The van der Waals surface area contributed by atoms with E-state index in [-0.39, 0.29) is 0 Å². The minimum atomic E-state index is -2.56. The number of nitrogens with one attached hydrogen (secondary N) is 1. The van der Waals surface area contributed by atoms with Crippen LogP contribution in [0.25, 0.3) is 0 Å². The van der Waals surface area contributed by atoms with Crippen LogP contribution in [0.2, 0.25) is 0 Å². The number of quaternary nitrogens is 1. The molecule has 0 aromatic carbocycles. The first-order chi connectivity index (χ1) is 4.29. The van der Waals surface area contributed by atoms with Gasteiger partial charge in [-0.25, -0.2) is 0 Å². The van der Waals surface area contributed by atoms with Crippen molar-refractivity contribution in [1.29, 1.82) is 0 Å². The second-order valence-electron chi connectivity index (χ2n) is 2.45. The zero-order valence-electron chi connectivity index (χ0n) is 7.17. The van der Waals surface area contributed by atoms with Gasteiger partial charge in [0.2, 0.25) is 0 Å². The molecule has 0 aliphatic rings. The van der Waals surface area contributed by atoms with Crippen LogP contribution in [0.4, 0.5) is 0 Å². The van der Waals surface area contributed by atoms with E-state index in [0.717, 1.165) is 0 Å². The highest BCUT2D eigenvalue weighted by molar-refractivity contribution is 8.08. The van der Waals surface area contributed by atoms with Crippen molar-refractivity contribution in [3.63, 3.8) is 0 Å². The molecule has 1 atom stereocenters. The molecule has 0 saturated carbocycles. The van der Waals surface area contributed by atoms with Crippen LogP contribution >= 0.6 is 6.49 Å². The SMILES string of the molecule is COP(C)([O-])=S.C[NH+](C)C. The van der Waals surface area contributed by atoms with Gasteiger partial charge in [-0.15, -0.1) is 0 Å². The molecule has 3 nitrogen and oxygen atoms in total. The molecule has 10 heavy (non-hydrogen) atoms. The van der Waals surface area contributed by atoms with E-state index in [1.807, 2.05) is 0 Å². The summed E-state index contributed by atoms with van der Waals surface area (Å²) in [4.78, 5) is 11.6. The van der Waals surface area contributed by atoms with Gasteiger partial charge in [0.1, 0.15) is 0 Å². The van der Waals surface area contributed by atoms with E-state index in [4.69, 9.17) is 0 Å². The summed E-state index contributed by atoms with van der Waals surface area (Å²) < 4.78 is 4.31. The first-order valence-corrected chi connectivity index (χ1v) is 5.99. The first kappa shape index (κ1) is 13.1. The minimum absolute atomic E-state index is 1.34. The second-order valence-corrected chi connectivity index (χ2v) is 6.35. The third-order valence-electron chi connectivity index (χ3n) is 0.332. The zero-order chi connectivity index (χ0) is 8.78. The van der Waals surface area contributed by atoms with Crippen molar-refractivity contribution in [1.82, 2.24) is 0 Å². The molecular weight excluding hydrogens is 169 g/mol.